The van der Waals surface area contributed by atoms with Crippen LogP contribution in [0.4, 0.5) is 10.5 Å². The third-order valence-electron chi connectivity index (χ3n) is 2.93. The number of rotatable bonds is 5. The highest BCUT2D eigenvalue weighted by atomic mass is 16.5. The molecule has 0 fully saturated rings. The molecular formula is C16H23NO2. The average molecular weight is 261 g/mol. The van der Waals surface area contributed by atoms with Gasteiger partial charge in [-0.2, -0.15) is 0 Å². The van der Waals surface area contributed by atoms with Gasteiger partial charge >= 0.3 is 6.09 Å². The molecule has 0 bridgehead atoms. The van der Waals surface area contributed by atoms with Gasteiger partial charge in [0.25, 0.3) is 0 Å². The Morgan fingerprint density at radius 2 is 1.79 bits per heavy atom. The zero-order valence-corrected chi connectivity index (χ0v) is 12.2. The zero-order valence-electron chi connectivity index (χ0n) is 12.2. The number of amides is 1. The Balaban J connectivity index is 3.07. The lowest BCUT2D eigenvalue weighted by Gasteiger charge is -2.19. The van der Waals surface area contributed by atoms with Gasteiger partial charge in [0.2, 0.25) is 0 Å². The smallest absolute Gasteiger partial charge is 0.411 e. The van der Waals surface area contributed by atoms with E-state index >= 15 is 0 Å². The second-order valence-corrected chi connectivity index (χ2v) is 5.13. The van der Waals surface area contributed by atoms with E-state index in [1.807, 2.05) is 18.2 Å². The van der Waals surface area contributed by atoms with E-state index in [0.717, 1.165) is 16.8 Å². The van der Waals surface area contributed by atoms with Gasteiger partial charge in [-0.15, -0.1) is 0 Å². The molecule has 1 amide bonds. The largest absolute Gasteiger partial charge is 0.445 e. The van der Waals surface area contributed by atoms with Gasteiger partial charge in [-0.3, -0.25) is 5.32 Å². The first kappa shape index (κ1) is 15.3. The van der Waals surface area contributed by atoms with Gasteiger partial charge < -0.3 is 4.74 Å². The first-order valence-electron chi connectivity index (χ1n) is 6.64. The summed E-state index contributed by atoms with van der Waals surface area (Å²) in [4.78, 5) is 11.7. The minimum atomic E-state index is -0.435. The van der Waals surface area contributed by atoms with E-state index in [4.69, 9.17) is 4.74 Å². The number of para-hydroxylation sites is 1. The van der Waals surface area contributed by atoms with E-state index in [-0.39, 0.29) is 6.61 Å². The van der Waals surface area contributed by atoms with Crippen LogP contribution in [0, 0.1) is 0 Å². The molecule has 0 unspecified atom stereocenters. The van der Waals surface area contributed by atoms with Crippen LogP contribution < -0.4 is 5.32 Å². The molecular weight excluding hydrogens is 238 g/mol. The van der Waals surface area contributed by atoms with Gasteiger partial charge in [0.05, 0.1) is 5.69 Å². The molecule has 0 aliphatic rings. The molecule has 1 aromatic carbocycles. The van der Waals surface area contributed by atoms with Gasteiger partial charge in [-0.25, -0.2) is 4.79 Å². The summed E-state index contributed by atoms with van der Waals surface area (Å²) >= 11 is 0. The predicted molar refractivity (Wildman–Crippen MR) is 79.8 cm³/mol. The Morgan fingerprint density at radius 3 is 2.21 bits per heavy atom. The molecule has 1 N–H and O–H groups in total. The lowest BCUT2D eigenvalue weighted by molar-refractivity contribution is 0.174. The van der Waals surface area contributed by atoms with Gasteiger partial charge in [0.15, 0.2) is 0 Å². The molecule has 0 aliphatic heterocycles. The number of hydrogen-bond donors (Lipinski definition) is 1. The van der Waals surface area contributed by atoms with E-state index in [1.165, 1.54) is 0 Å². The number of hydrogen-bond acceptors (Lipinski definition) is 2. The van der Waals surface area contributed by atoms with Crippen LogP contribution in [0.3, 0.4) is 0 Å². The maximum absolute atomic E-state index is 11.7. The highest BCUT2D eigenvalue weighted by Gasteiger charge is 2.16. The quantitative estimate of drug-likeness (QED) is 0.782. The fraction of sp³-hybridized carbons (Fsp3) is 0.438. The van der Waals surface area contributed by atoms with Crippen LogP contribution in [0.5, 0.6) is 0 Å². The Labute approximate surface area is 115 Å². The van der Waals surface area contributed by atoms with E-state index < -0.39 is 6.09 Å². The molecule has 0 heterocycles. The van der Waals surface area contributed by atoms with Crippen LogP contribution in [0.25, 0.3) is 0 Å². The number of benzene rings is 1. The SMILES string of the molecule is C=CCOC(=O)Nc1c(C(C)C)cccc1C(C)C. The molecule has 3 nitrogen and oxygen atoms in total. The second-order valence-electron chi connectivity index (χ2n) is 5.13. The zero-order chi connectivity index (χ0) is 14.4. The molecule has 3 heteroatoms. The Morgan fingerprint density at radius 1 is 1.26 bits per heavy atom. The fourth-order valence-corrected chi connectivity index (χ4v) is 1.97. The van der Waals surface area contributed by atoms with Crippen molar-refractivity contribution >= 4 is 11.8 Å². The van der Waals surface area contributed by atoms with Crippen LogP contribution in [0.1, 0.15) is 50.7 Å². The molecule has 1 rings (SSSR count). The summed E-state index contributed by atoms with van der Waals surface area (Å²) in [5, 5.41) is 2.87. The van der Waals surface area contributed by atoms with Crippen molar-refractivity contribution in [1.29, 1.82) is 0 Å². The highest BCUT2D eigenvalue weighted by molar-refractivity contribution is 5.87. The second kappa shape index (κ2) is 6.98. The van der Waals surface area contributed by atoms with Gasteiger partial charge in [-0.1, -0.05) is 58.5 Å². The van der Waals surface area contributed by atoms with Crippen LogP contribution in [-0.2, 0) is 4.74 Å². The highest BCUT2D eigenvalue weighted by Crippen LogP contribution is 2.32. The topological polar surface area (TPSA) is 38.3 Å². The third-order valence-corrected chi connectivity index (χ3v) is 2.93. The van der Waals surface area contributed by atoms with Crippen LogP contribution >= 0.6 is 0 Å². The molecule has 0 aliphatic carbocycles. The predicted octanol–water partition coefficient (Wildman–Crippen LogP) is 4.67. The molecule has 0 spiro atoms. The molecule has 0 radical (unpaired) electrons. The van der Waals surface area contributed by atoms with E-state index in [0.29, 0.717) is 11.8 Å². The normalized spacial score (nSPS) is 10.6. The van der Waals surface area contributed by atoms with Gasteiger partial charge in [-0.05, 0) is 23.0 Å². The molecule has 19 heavy (non-hydrogen) atoms. The lowest BCUT2D eigenvalue weighted by Crippen LogP contribution is -2.17. The summed E-state index contributed by atoms with van der Waals surface area (Å²) in [6, 6.07) is 6.12. The summed E-state index contributed by atoms with van der Waals surface area (Å²) in [6.07, 6.45) is 1.12. The molecule has 0 aromatic heterocycles. The Kier molecular flexibility index (Phi) is 5.61. The van der Waals surface area contributed by atoms with Crippen molar-refractivity contribution in [2.24, 2.45) is 0 Å². The summed E-state index contributed by atoms with van der Waals surface area (Å²) in [6.45, 7) is 12.2. The maximum Gasteiger partial charge on any atom is 0.411 e. The number of carbonyl (C=O) groups is 1. The fourth-order valence-electron chi connectivity index (χ4n) is 1.97. The van der Waals surface area contributed by atoms with Crippen LogP contribution in [0.15, 0.2) is 30.9 Å². The third kappa shape index (κ3) is 4.12. The Bertz CT molecular complexity index is 424. The summed E-state index contributed by atoms with van der Waals surface area (Å²) in [7, 11) is 0. The van der Waals surface area contributed by atoms with Gasteiger partial charge in [0, 0.05) is 0 Å². The van der Waals surface area contributed by atoms with Crippen molar-refractivity contribution in [3.8, 4) is 0 Å². The van der Waals surface area contributed by atoms with E-state index in [9.17, 15) is 4.79 Å². The van der Waals surface area contributed by atoms with Crippen molar-refractivity contribution < 1.29 is 9.53 Å². The van der Waals surface area contributed by atoms with E-state index in [2.05, 4.69) is 39.6 Å². The molecule has 1 aromatic rings. The van der Waals surface area contributed by atoms with E-state index in [1.54, 1.807) is 6.08 Å². The van der Waals surface area contributed by atoms with Crippen LogP contribution in [0.2, 0.25) is 0 Å². The average Bonchev–Trinajstić information content (AvgIpc) is 2.35. The molecule has 0 atom stereocenters. The number of ether oxygens (including phenoxy) is 1. The minimum Gasteiger partial charge on any atom is -0.445 e. The lowest BCUT2D eigenvalue weighted by atomic mass is 9.93. The van der Waals surface area contributed by atoms with Crippen molar-refractivity contribution in [1.82, 2.24) is 0 Å². The number of carbonyl (C=O) groups excluding carboxylic acids is 1. The summed E-state index contributed by atoms with van der Waals surface area (Å²) in [5.41, 5.74) is 3.13. The molecule has 104 valence electrons. The first-order chi connectivity index (χ1) is 8.97. The van der Waals surface area contributed by atoms with Crippen molar-refractivity contribution in [2.45, 2.75) is 39.5 Å². The summed E-state index contributed by atoms with van der Waals surface area (Å²) in [5.74, 6) is 0.682. The first-order valence-corrected chi connectivity index (χ1v) is 6.64. The summed E-state index contributed by atoms with van der Waals surface area (Å²) < 4.78 is 5.00. The van der Waals surface area contributed by atoms with Crippen molar-refractivity contribution in [3.05, 3.63) is 42.0 Å². The Hall–Kier alpha value is -1.77. The van der Waals surface area contributed by atoms with Gasteiger partial charge in [0.1, 0.15) is 6.61 Å². The number of anilines is 1. The monoisotopic (exact) mass is 261 g/mol. The minimum absolute atomic E-state index is 0.215. The number of nitrogens with one attached hydrogen (secondary N) is 1. The molecule has 0 saturated carbocycles. The molecule has 0 saturated heterocycles. The maximum atomic E-state index is 11.7. The van der Waals surface area contributed by atoms with Crippen molar-refractivity contribution in [3.63, 3.8) is 0 Å². The van der Waals surface area contributed by atoms with Crippen LogP contribution in [-0.4, -0.2) is 12.7 Å². The van der Waals surface area contributed by atoms with Crippen molar-refractivity contribution in [2.75, 3.05) is 11.9 Å². The standard InChI is InChI=1S/C16H23NO2/c1-6-10-19-16(18)17-15-13(11(2)3)8-7-9-14(15)12(4)5/h6-9,11-12H,1,10H2,2-5H3,(H,17,18).